The third-order valence-corrected chi connectivity index (χ3v) is 5.49. The normalized spacial score (nSPS) is 17.2. The Hall–Kier alpha value is -2.77. The predicted molar refractivity (Wildman–Crippen MR) is 116 cm³/mol. The van der Waals surface area contributed by atoms with Crippen LogP contribution < -0.4 is 10.6 Å². The lowest BCUT2D eigenvalue weighted by molar-refractivity contribution is -0.127. The van der Waals surface area contributed by atoms with Crippen molar-refractivity contribution in [3.63, 3.8) is 0 Å². The molecule has 2 aromatic rings. The lowest BCUT2D eigenvalue weighted by Crippen LogP contribution is -2.55. The number of carbonyl (C=O) groups excluding carboxylic acids is 2. The van der Waals surface area contributed by atoms with Crippen LogP contribution in [0.3, 0.4) is 0 Å². The number of carbonyl (C=O) groups is 2. The molecule has 160 valence electrons. The molecule has 2 aromatic carbocycles. The number of rotatable bonds is 7. The van der Waals surface area contributed by atoms with Gasteiger partial charge in [0.25, 0.3) is 0 Å². The van der Waals surface area contributed by atoms with Gasteiger partial charge in [-0.1, -0.05) is 30.3 Å². The van der Waals surface area contributed by atoms with Crippen LogP contribution in [0, 0.1) is 5.82 Å². The van der Waals surface area contributed by atoms with Gasteiger partial charge in [-0.05, 0) is 43.7 Å². The third kappa shape index (κ3) is 6.11. The van der Waals surface area contributed by atoms with Crippen LogP contribution in [-0.4, -0.2) is 60.4 Å². The van der Waals surface area contributed by atoms with Crippen LogP contribution in [0.2, 0.25) is 0 Å². The molecule has 30 heavy (non-hydrogen) atoms. The fourth-order valence-electron chi connectivity index (χ4n) is 3.57. The highest BCUT2D eigenvalue weighted by Crippen LogP contribution is 2.13. The highest BCUT2D eigenvalue weighted by Gasteiger charge is 2.27. The van der Waals surface area contributed by atoms with Crippen LogP contribution in [-0.2, 0) is 9.59 Å². The first-order valence-electron chi connectivity index (χ1n) is 10.3. The molecule has 1 aliphatic heterocycles. The SMILES string of the molecule is C[C@@H](NC(=O)[C@H](C)N1CCN(CC(=O)Nc2ccc(F)cc2)CC1)c1ccccc1. The molecule has 6 nitrogen and oxygen atoms in total. The van der Waals surface area contributed by atoms with Crippen LogP contribution >= 0.6 is 0 Å². The van der Waals surface area contributed by atoms with E-state index in [0.29, 0.717) is 18.8 Å². The topological polar surface area (TPSA) is 64.7 Å². The minimum atomic E-state index is -0.333. The molecular formula is C23H29FN4O2. The predicted octanol–water partition coefficient (Wildman–Crippen LogP) is 2.65. The van der Waals surface area contributed by atoms with E-state index in [-0.39, 0.29) is 36.3 Å². The van der Waals surface area contributed by atoms with Gasteiger partial charge in [0.2, 0.25) is 11.8 Å². The van der Waals surface area contributed by atoms with Crippen molar-refractivity contribution in [3.8, 4) is 0 Å². The Bertz CT molecular complexity index is 836. The second kappa shape index (κ2) is 10.3. The van der Waals surface area contributed by atoms with Crippen molar-refractivity contribution in [2.24, 2.45) is 0 Å². The maximum atomic E-state index is 13.0. The van der Waals surface area contributed by atoms with Crippen molar-refractivity contribution < 1.29 is 14.0 Å². The molecule has 0 saturated carbocycles. The van der Waals surface area contributed by atoms with E-state index >= 15 is 0 Å². The lowest BCUT2D eigenvalue weighted by Gasteiger charge is -2.37. The molecule has 3 rings (SSSR count). The number of anilines is 1. The lowest BCUT2D eigenvalue weighted by atomic mass is 10.1. The number of amides is 2. The summed E-state index contributed by atoms with van der Waals surface area (Å²) in [7, 11) is 0. The van der Waals surface area contributed by atoms with Crippen molar-refractivity contribution in [1.29, 1.82) is 0 Å². The smallest absolute Gasteiger partial charge is 0.238 e. The van der Waals surface area contributed by atoms with Gasteiger partial charge in [0.05, 0.1) is 18.6 Å². The second-order valence-electron chi connectivity index (χ2n) is 7.68. The maximum Gasteiger partial charge on any atom is 0.238 e. The van der Waals surface area contributed by atoms with Crippen molar-refractivity contribution in [2.75, 3.05) is 38.0 Å². The Morgan fingerprint density at radius 1 is 0.967 bits per heavy atom. The quantitative estimate of drug-likeness (QED) is 0.734. The molecule has 0 aromatic heterocycles. The summed E-state index contributed by atoms with van der Waals surface area (Å²) in [5.74, 6) is -0.452. The van der Waals surface area contributed by atoms with Gasteiger partial charge in [-0.2, -0.15) is 0 Å². The van der Waals surface area contributed by atoms with Crippen LogP contribution in [0.5, 0.6) is 0 Å². The summed E-state index contributed by atoms with van der Waals surface area (Å²) in [5.41, 5.74) is 1.66. The molecule has 1 fully saturated rings. The van der Waals surface area contributed by atoms with Crippen LogP contribution in [0.4, 0.5) is 10.1 Å². The number of piperazine rings is 1. The van der Waals surface area contributed by atoms with E-state index < -0.39 is 0 Å². The molecule has 1 aliphatic rings. The van der Waals surface area contributed by atoms with E-state index in [4.69, 9.17) is 0 Å². The Balaban J connectivity index is 1.42. The van der Waals surface area contributed by atoms with Crippen LogP contribution in [0.15, 0.2) is 54.6 Å². The molecular weight excluding hydrogens is 383 g/mol. The van der Waals surface area contributed by atoms with Gasteiger partial charge in [0.1, 0.15) is 5.82 Å². The Kier molecular flexibility index (Phi) is 7.54. The summed E-state index contributed by atoms with van der Waals surface area (Å²) < 4.78 is 13.0. The fraction of sp³-hybridized carbons (Fsp3) is 0.391. The first-order chi connectivity index (χ1) is 14.4. The number of hydrogen-bond acceptors (Lipinski definition) is 4. The summed E-state index contributed by atoms with van der Waals surface area (Å²) >= 11 is 0. The first kappa shape index (κ1) is 21.9. The highest BCUT2D eigenvalue weighted by atomic mass is 19.1. The van der Waals surface area contributed by atoms with E-state index in [1.807, 2.05) is 44.2 Å². The van der Waals surface area contributed by atoms with Gasteiger partial charge in [-0.3, -0.25) is 19.4 Å². The van der Waals surface area contributed by atoms with E-state index in [1.165, 1.54) is 12.1 Å². The third-order valence-electron chi connectivity index (χ3n) is 5.49. The number of nitrogens with zero attached hydrogens (tertiary/aromatic N) is 2. The zero-order valence-electron chi connectivity index (χ0n) is 17.5. The molecule has 0 bridgehead atoms. The summed E-state index contributed by atoms with van der Waals surface area (Å²) in [6.07, 6.45) is 0. The largest absolute Gasteiger partial charge is 0.348 e. The van der Waals surface area contributed by atoms with Crippen molar-refractivity contribution in [1.82, 2.24) is 15.1 Å². The standard InChI is InChI=1S/C23H29FN4O2/c1-17(19-6-4-3-5-7-19)25-23(30)18(2)28-14-12-27(13-15-28)16-22(29)26-21-10-8-20(24)9-11-21/h3-11,17-18H,12-16H2,1-2H3,(H,25,30)(H,26,29)/t17-,18+/m1/s1. The second-order valence-corrected chi connectivity index (χ2v) is 7.68. The van der Waals surface area contributed by atoms with Gasteiger partial charge in [-0.15, -0.1) is 0 Å². The molecule has 1 saturated heterocycles. The molecule has 0 spiro atoms. The summed E-state index contributed by atoms with van der Waals surface area (Å²) in [5, 5.41) is 5.86. The number of benzene rings is 2. The van der Waals surface area contributed by atoms with Crippen molar-refractivity contribution in [3.05, 3.63) is 66.0 Å². The number of nitrogens with one attached hydrogen (secondary N) is 2. The maximum absolute atomic E-state index is 13.0. The molecule has 0 aliphatic carbocycles. The zero-order chi connectivity index (χ0) is 21.5. The van der Waals surface area contributed by atoms with Crippen molar-refractivity contribution >= 4 is 17.5 Å². The zero-order valence-corrected chi connectivity index (χ0v) is 17.5. The summed E-state index contributed by atoms with van der Waals surface area (Å²) in [6.45, 7) is 7.04. The van der Waals surface area contributed by atoms with Gasteiger partial charge >= 0.3 is 0 Å². The monoisotopic (exact) mass is 412 g/mol. The number of hydrogen-bond donors (Lipinski definition) is 2. The molecule has 2 N–H and O–H groups in total. The minimum Gasteiger partial charge on any atom is -0.348 e. The average Bonchev–Trinajstić information content (AvgIpc) is 2.76. The summed E-state index contributed by atoms with van der Waals surface area (Å²) in [4.78, 5) is 29.1. The van der Waals surface area contributed by atoms with E-state index in [0.717, 1.165) is 18.7 Å². The molecule has 7 heteroatoms. The average molecular weight is 413 g/mol. The van der Waals surface area contributed by atoms with Gasteiger partial charge in [0, 0.05) is 31.9 Å². The summed E-state index contributed by atoms with van der Waals surface area (Å²) in [6, 6.07) is 15.4. The van der Waals surface area contributed by atoms with Crippen LogP contribution in [0.25, 0.3) is 0 Å². The van der Waals surface area contributed by atoms with Gasteiger partial charge in [-0.25, -0.2) is 4.39 Å². The molecule has 1 heterocycles. The number of halogens is 1. The van der Waals surface area contributed by atoms with Gasteiger partial charge < -0.3 is 10.6 Å². The Morgan fingerprint density at radius 2 is 1.60 bits per heavy atom. The first-order valence-corrected chi connectivity index (χ1v) is 10.3. The molecule has 0 radical (unpaired) electrons. The fourth-order valence-corrected chi connectivity index (χ4v) is 3.57. The molecule has 2 atom stereocenters. The van der Waals surface area contributed by atoms with Crippen molar-refractivity contribution in [2.45, 2.75) is 25.9 Å². The highest BCUT2D eigenvalue weighted by molar-refractivity contribution is 5.92. The molecule has 0 unspecified atom stereocenters. The van der Waals surface area contributed by atoms with Gasteiger partial charge in [0.15, 0.2) is 0 Å². The van der Waals surface area contributed by atoms with Crippen LogP contribution in [0.1, 0.15) is 25.5 Å². The van der Waals surface area contributed by atoms with E-state index in [1.54, 1.807) is 12.1 Å². The van der Waals surface area contributed by atoms with E-state index in [9.17, 15) is 14.0 Å². The van der Waals surface area contributed by atoms with E-state index in [2.05, 4.69) is 20.4 Å². The Labute approximate surface area is 177 Å². The minimum absolute atomic E-state index is 0.00820. The molecule has 2 amide bonds. The Morgan fingerprint density at radius 3 is 2.23 bits per heavy atom.